The minimum Gasteiger partial charge on any atom is -0.370 e. The van der Waals surface area contributed by atoms with E-state index in [0.717, 1.165) is 53.8 Å². The lowest BCUT2D eigenvalue weighted by atomic mass is 10.0. The fraction of sp³-hybridized carbons (Fsp3) is 0.450. The summed E-state index contributed by atoms with van der Waals surface area (Å²) in [6.45, 7) is 11.8. The minimum atomic E-state index is 0.123. The molecule has 1 N–H and O–H groups in total. The zero-order valence-electron chi connectivity index (χ0n) is 16.0. The van der Waals surface area contributed by atoms with Crippen LogP contribution < -0.4 is 10.2 Å². The molecule has 2 aromatic rings. The van der Waals surface area contributed by atoms with Gasteiger partial charge in [-0.05, 0) is 39.3 Å². The highest BCUT2D eigenvalue weighted by Gasteiger charge is 2.24. The molecule has 2 heterocycles. The van der Waals surface area contributed by atoms with E-state index in [1.54, 1.807) is 0 Å². The predicted octanol–water partition coefficient (Wildman–Crippen LogP) is 2.80. The molecule has 1 aliphatic heterocycles. The van der Waals surface area contributed by atoms with Gasteiger partial charge in [0.2, 0.25) is 0 Å². The molecule has 1 aliphatic rings. The van der Waals surface area contributed by atoms with Crippen molar-refractivity contribution in [3.8, 4) is 0 Å². The van der Waals surface area contributed by atoms with Gasteiger partial charge in [-0.15, -0.1) is 0 Å². The number of benzene rings is 1. The summed E-state index contributed by atoms with van der Waals surface area (Å²) in [5.41, 5.74) is 2.96. The second kappa shape index (κ2) is 7.72. The van der Waals surface area contributed by atoms with Crippen molar-refractivity contribution >= 4 is 17.5 Å². The topological polar surface area (TPSA) is 61.4 Å². The Morgan fingerprint density at radius 2 is 1.81 bits per heavy atom. The molecule has 6 nitrogen and oxygen atoms in total. The van der Waals surface area contributed by atoms with E-state index in [2.05, 4.69) is 27.1 Å². The molecule has 0 spiro atoms. The van der Waals surface area contributed by atoms with E-state index >= 15 is 0 Å². The maximum absolute atomic E-state index is 12.9. The highest BCUT2D eigenvalue weighted by Crippen LogP contribution is 2.20. The summed E-state index contributed by atoms with van der Waals surface area (Å²) in [4.78, 5) is 26.0. The van der Waals surface area contributed by atoms with Crippen LogP contribution in [0.5, 0.6) is 0 Å². The number of piperazine rings is 1. The van der Waals surface area contributed by atoms with E-state index in [9.17, 15) is 4.79 Å². The van der Waals surface area contributed by atoms with Gasteiger partial charge in [-0.25, -0.2) is 9.97 Å². The van der Waals surface area contributed by atoms with Crippen LogP contribution in [0, 0.1) is 20.8 Å². The standard InChI is InChI=1S/C20H27N5O/c1-5-21-18-13-19(23-16(4)22-18)24-8-10-25(11-9-24)20(26)17-12-14(2)6-7-15(17)3/h6-7,12-13H,5,8-11H2,1-4H3,(H,21,22,23). The minimum absolute atomic E-state index is 0.123. The van der Waals surface area contributed by atoms with Crippen LogP contribution in [0.3, 0.4) is 0 Å². The predicted molar refractivity (Wildman–Crippen MR) is 105 cm³/mol. The summed E-state index contributed by atoms with van der Waals surface area (Å²) in [6, 6.07) is 8.04. The van der Waals surface area contributed by atoms with Crippen LogP contribution in [0.25, 0.3) is 0 Å². The van der Waals surface area contributed by atoms with Gasteiger partial charge in [0.05, 0.1) is 0 Å². The highest BCUT2D eigenvalue weighted by molar-refractivity contribution is 5.96. The number of rotatable bonds is 4. The molecule has 0 radical (unpaired) electrons. The number of aryl methyl sites for hydroxylation is 3. The van der Waals surface area contributed by atoms with Crippen molar-refractivity contribution < 1.29 is 4.79 Å². The third-order valence-electron chi connectivity index (χ3n) is 4.70. The average Bonchev–Trinajstić information content (AvgIpc) is 2.63. The molecule has 1 aromatic heterocycles. The molecule has 0 atom stereocenters. The van der Waals surface area contributed by atoms with Crippen LogP contribution in [-0.4, -0.2) is 53.5 Å². The molecule has 0 bridgehead atoms. The Morgan fingerprint density at radius 3 is 2.50 bits per heavy atom. The number of nitrogens with one attached hydrogen (secondary N) is 1. The zero-order valence-corrected chi connectivity index (χ0v) is 16.0. The number of hydrogen-bond donors (Lipinski definition) is 1. The summed E-state index contributed by atoms with van der Waals surface area (Å²) in [5.74, 6) is 2.65. The quantitative estimate of drug-likeness (QED) is 0.916. The maximum atomic E-state index is 12.9. The Balaban J connectivity index is 1.69. The molecule has 138 valence electrons. The van der Waals surface area contributed by atoms with Crippen molar-refractivity contribution in [1.82, 2.24) is 14.9 Å². The van der Waals surface area contributed by atoms with Gasteiger partial charge >= 0.3 is 0 Å². The Bertz CT molecular complexity index is 797. The lowest BCUT2D eigenvalue weighted by molar-refractivity contribution is 0.0745. The molecule has 1 saturated heterocycles. The summed E-state index contributed by atoms with van der Waals surface area (Å²) < 4.78 is 0. The lowest BCUT2D eigenvalue weighted by Crippen LogP contribution is -2.49. The van der Waals surface area contributed by atoms with Crippen LogP contribution >= 0.6 is 0 Å². The molecule has 1 fully saturated rings. The van der Waals surface area contributed by atoms with E-state index < -0.39 is 0 Å². The Hall–Kier alpha value is -2.63. The number of anilines is 2. The van der Waals surface area contributed by atoms with Crippen LogP contribution in [0.1, 0.15) is 34.2 Å². The molecule has 1 aromatic carbocycles. The fourth-order valence-electron chi connectivity index (χ4n) is 3.26. The number of nitrogens with zero attached hydrogens (tertiary/aromatic N) is 4. The van der Waals surface area contributed by atoms with Crippen LogP contribution in [0.15, 0.2) is 24.3 Å². The van der Waals surface area contributed by atoms with E-state index in [4.69, 9.17) is 0 Å². The third-order valence-corrected chi connectivity index (χ3v) is 4.70. The SMILES string of the molecule is CCNc1cc(N2CCN(C(=O)c3cc(C)ccc3C)CC2)nc(C)n1. The molecule has 0 unspecified atom stereocenters. The number of hydrogen-bond acceptors (Lipinski definition) is 5. The lowest BCUT2D eigenvalue weighted by Gasteiger charge is -2.35. The number of carbonyl (C=O) groups is 1. The van der Waals surface area contributed by atoms with Crippen molar-refractivity contribution in [2.75, 3.05) is 42.9 Å². The van der Waals surface area contributed by atoms with Crippen LogP contribution in [-0.2, 0) is 0 Å². The van der Waals surface area contributed by atoms with Crippen molar-refractivity contribution in [1.29, 1.82) is 0 Å². The van der Waals surface area contributed by atoms with Crippen molar-refractivity contribution in [3.05, 3.63) is 46.8 Å². The summed E-state index contributed by atoms with van der Waals surface area (Å²) in [6.07, 6.45) is 0. The smallest absolute Gasteiger partial charge is 0.254 e. The van der Waals surface area contributed by atoms with Gasteiger partial charge in [0.1, 0.15) is 17.5 Å². The van der Waals surface area contributed by atoms with Crippen molar-refractivity contribution in [2.24, 2.45) is 0 Å². The number of carbonyl (C=O) groups excluding carboxylic acids is 1. The molecule has 0 saturated carbocycles. The first-order valence-corrected chi connectivity index (χ1v) is 9.19. The van der Waals surface area contributed by atoms with E-state index in [0.29, 0.717) is 13.1 Å². The Kier molecular flexibility index (Phi) is 5.40. The zero-order chi connectivity index (χ0) is 18.7. The normalized spacial score (nSPS) is 14.5. The summed E-state index contributed by atoms with van der Waals surface area (Å²) in [7, 11) is 0. The number of amides is 1. The highest BCUT2D eigenvalue weighted by atomic mass is 16.2. The second-order valence-electron chi connectivity index (χ2n) is 6.79. The summed E-state index contributed by atoms with van der Waals surface area (Å²) >= 11 is 0. The van der Waals surface area contributed by atoms with Gasteiger partial charge in [-0.1, -0.05) is 17.7 Å². The van der Waals surface area contributed by atoms with Gasteiger partial charge in [0, 0.05) is 44.4 Å². The summed E-state index contributed by atoms with van der Waals surface area (Å²) in [5, 5.41) is 3.25. The number of aromatic nitrogens is 2. The molecule has 1 amide bonds. The van der Waals surface area contributed by atoms with E-state index in [-0.39, 0.29) is 5.91 Å². The molecule has 6 heteroatoms. The van der Waals surface area contributed by atoms with Gasteiger partial charge in [0.25, 0.3) is 5.91 Å². The Labute approximate surface area is 155 Å². The van der Waals surface area contributed by atoms with E-state index in [1.807, 2.05) is 49.9 Å². The van der Waals surface area contributed by atoms with E-state index in [1.165, 1.54) is 0 Å². The van der Waals surface area contributed by atoms with Gasteiger partial charge < -0.3 is 15.1 Å². The fourth-order valence-corrected chi connectivity index (χ4v) is 3.26. The second-order valence-corrected chi connectivity index (χ2v) is 6.79. The van der Waals surface area contributed by atoms with Crippen molar-refractivity contribution in [3.63, 3.8) is 0 Å². The third kappa shape index (κ3) is 3.95. The first-order valence-electron chi connectivity index (χ1n) is 9.19. The largest absolute Gasteiger partial charge is 0.370 e. The molecular formula is C20H27N5O. The molecule has 26 heavy (non-hydrogen) atoms. The molecular weight excluding hydrogens is 326 g/mol. The van der Waals surface area contributed by atoms with Crippen LogP contribution in [0.2, 0.25) is 0 Å². The monoisotopic (exact) mass is 353 g/mol. The van der Waals surface area contributed by atoms with Crippen molar-refractivity contribution in [2.45, 2.75) is 27.7 Å². The van der Waals surface area contributed by atoms with Crippen LogP contribution in [0.4, 0.5) is 11.6 Å². The average molecular weight is 353 g/mol. The molecule has 3 rings (SSSR count). The van der Waals surface area contributed by atoms with Gasteiger partial charge in [-0.2, -0.15) is 0 Å². The first kappa shape index (κ1) is 18.2. The van der Waals surface area contributed by atoms with Gasteiger partial charge in [-0.3, -0.25) is 4.79 Å². The Morgan fingerprint density at radius 1 is 1.08 bits per heavy atom. The van der Waals surface area contributed by atoms with Gasteiger partial charge in [0.15, 0.2) is 0 Å². The molecule has 0 aliphatic carbocycles. The maximum Gasteiger partial charge on any atom is 0.254 e. The first-order chi connectivity index (χ1) is 12.5.